The summed E-state index contributed by atoms with van der Waals surface area (Å²) in [6.45, 7) is 4.29. The number of rotatable bonds is 38. The van der Waals surface area contributed by atoms with Crippen molar-refractivity contribution >= 4 is 19.8 Å². The van der Waals surface area contributed by atoms with Crippen LogP contribution in [-0.4, -0.2) is 74.9 Å². The highest BCUT2D eigenvalue weighted by Gasteiger charge is 2.27. The summed E-state index contributed by atoms with van der Waals surface area (Å²) in [6.07, 6.45) is 44.2. The number of allylic oxidation sites excluding steroid dienone is 10. The van der Waals surface area contributed by atoms with Gasteiger partial charge >= 0.3 is 19.8 Å². The lowest BCUT2D eigenvalue weighted by molar-refractivity contribution is -0.870. The fourth-order valence-electron chi connectivity index (χ4n) is 5.41. The molecule has 0 aromatic heterocycles. The van der Waals surface area contributed by atoms with E-state index in [4.69, 9.17) is 18.5 Å². The second-order valence-corrected chi connectivity index (χ2v) is 16.8. The standard InChI is InChI=1S/C45H80NO8P/c1-6-8-10-12-14-16-18-20-21-22-23-24-25-26-28-29-31-33-35-37-44(47)51-41-43(42-53-55(49,50)52-40-39-46(3,4)5)54-45(48)38-36-34-32-30-27-19-17-15-13-11-9-7-2/h14,16,20-21,23-24,26,28,31,33,43H,6-13,15,17-19,22,25,27,29-30,32,34-42H2,1-5H3/p+1/b16-14+,21-20+,24-23+,28-26+,33-31+/t43-/m0/s1. The SMILES string of the molecule is CCCCC/C=C/C/C=C/C/C=C/C/C=C/C/C=C/CCC(=O)OC[C@@H](COP(=O)(O)OCC[N+](C)(C)C)OC(=O)CCCCCCCCCCCCCC. The first kappa shape index (κ1) is 52.7. The number of unbranched alkanes of at least 4 members (excludes halogenated alkanes) is 14. The largest absolute Gasteiger partial charge is 0.472 e. The van der Waals surface area contributed by atoms with Crippen molar-refractivity contribution in [2.75, 3.05) is 47.5 Å². The van der Waals surface area contributed by atoms with Crippen LogP contribution in [0.1, 0.15) is 162 Å². The molecule has 0 aliphatic rings. The van der Waals surface area contributed by atoms with Gasteiger partial charge in [0.2, 0.25) is 0 Å². The van der Waals surface area contributed by atoms with Crippen molar-refractivity contribution in [3.05, 3.63) is 60.8 Å². The molecule has 2 atom stereocenters. The number of carbonyl (C=O) groups excluding carboxylic acids is 2. The third kappa shape index (κ3) is 41.2. The fourth-order valence-corrected chi connectivity index (χ4v) is 6.15. The van der Waals surface area contributed by atoms with Gasteiger partial charge in [0.25, 0.3) is 0 Å². The van der Waals surface area contributed by atoms with Gasteiger partial charge in [0.15, 0.2) is 6.10 Å². The maximum absolute atomic E-state index is 12.6. The van der Waals surface area contributed by atoms with Crippen LogP contribution in [0.3, 0.4) is 0 Å². The molecule has 10 heteroatoms. The van der Waals surface area contributed by atoms with Crippen LogP contribution in [0.2, 0.25) is 0 Å². The van der Waals surface area contributed by atoms with Crippen molar-refractivity contribution < 1.29 is 42.1 Å². The van der Waals surface area contributed by atoms with Crippen LogP contribution in [0.25, 0.3) is 0 Å². The number of phosphoric ester groups is 1. The molecule has 0 radical (unpaired) electrons. The molecule has 0 aromatic carbocycles. The van der Waals surface area contributed by atoms with E-state index < -0.39 is 32.5 Å². The quantitative estimate of drug-likeness (QED) is 0.0216. The molecule has 55 heavy (non-hydrogen) atoms. The molecular weight excluding hydrogens is 713 g/mol. The topological polar surface area (TPSA) is 108 Å². The average Bonchev–Trinajstić information content (AvgIpc) is 3.13. The summed E-state index contributed by atoms with van der Waals surface area (Å²) >= 11 is 0. The zero-order valence-electron chi connectivity index (χ0n) is 35.6. The third-order valence-electron chi connectivity index (χ3n) is 8.81. The van der Waals surface area contributed by atoms with E-state index in [1.54, 1.807) is 0 Å². The summed E-state index contributed by atoms with van der Waals surface area (Å²) in [5.74, 6) is -0.897. The van der Waals surface area contributed by atoms with E-state index in [1.807, 2.05) is 33.3 Å². The zero-order chi connectivity index (χ0) is 40.7. The Bertz CT molecular complexity index is 1120. The van der Waals surface area contributed by atoms with Gasteiger partial charge in [-0.05, 0) is 51.4 Å². The Balaban J connectivity index is 4.49. The van der Waals surface area contributed by atoms with Crippen molar-refractivity contribution in [3.63, 3.8) is 0 Å². The highest BCUT2D eigenvalue weighted by Crippen LogP contribution is 2.43. The van der Waals surface area contributed by atoms with Gasteiger partial charge in [-0.2, -0.15) is 0 Å². The van der Waals surface area contributed by atoms with Gasteiger partial charge in [-0.1, -0.05) is 158 Å². The first-order valence-electron chi connectivity index (χ1n) is 21.5. The summed E-state index contributed by atoms with van der Waals surface area (Å²) in [6, 6.07) is 0. The average molecular weight is 795 g/mol. The molecule has 0 saturated carbocycles. The van der Waals surface area contributed by atoms with E-state index in [-0.39, 0.29) is 26.1 Å². The molecular formula is C45H81NO8P+. The van der Waals surface area contributed by atoms with Crippen LogP contribution >= 0.6 is 7.82 Å². The Morgan fingerprint density at radius 2 is 1.02 bits per heavy atom. The van der Waals surface area contributed by atoms with E-state index in [2.05, 4.69) is 62.5 Å². The van der Waals surface area contributed by atoms with Crippen molar-refractivity contribution in [3.8, 4) is 0 Å². The number of hydrogen-bond donors (Lipinski definition) is 1. The zero-order valence-corrected chi connectivity index (χ0v) is 36.5. The third-order valence-corrected chi connectivity index (χ3v) is 9.80. The van der Waals surface area contributed by atoms with Gasteiger partial charge in [-0.15, -0.1) is 0 Å². The number of carbonyl (C=O) groups is 2. The maximum Gasteiger partial charge on any atom is 0.472 e. The van der Waals surface area contributed by atoms with Crippen molar-refractivity contribution in [1.29, 1.82) is 0 Å². The van der Waals surface area contributed by atoms with Crippen molar-refractivity contribution in [2.24, 2.45) is 0 Å². The lowest BCUT2D eigenvalue weighted by Crippen LogP contribution is -2.37. The van der Waals surface area contributed by atoms with Crippen LogP contribution in [0.15, 0.2) is 60.8 Å². The molecule has 0 fully saturated rings. The Hall–Kier alpha value is -2.29. The molecule has 0 spiro atoms. The summed E-state index contributed by atoms with van der Waals surface area (Å²) in [4.78, 5) is 35.3. The molecule has 0 aliphatic heterocycles. The molecule has 0 saturated heterocycles. The number of phosphoric acid groups is 1. The first-order chi connectivity index (χ1) is 26.5. The highest BCUT2D eigenvalue weighted by molar-refractivity contribution is 7.47. The van der Waals surface area contributed by atoms with Crippen molar-refractivity contribution in [2.45, 2.75) is 168 Å². The molecule has 0 bridgehead atoms. The Morgan fingerprint density at radius 3 is 1.53 bits per heavy atom. The van der Waals surface area contributed by atoms with E-state index in [1.165, 1.54) is 77.0 Å². The fraction of sp³-hybridized carbons (Fsp3) is 0.733. The second kappa shape index (κ2) is 37.3. The number of hydrogen-bond acceptors (Lipinski definition) is 7. The minimum atomic E-state index is -4.39. The van der Waals surface area contributed by atoms with Gasteiger partial charge in [0.05, 0.1) is 27.7 Å². The molecule has 0 aliphatic carbocycles. The lowest BCUT2D eigenvalue weighted by atomic mass is 10.0. The molecule has 0 aromatic rings. The number of likely N-dealkylation sites (N-methyl/N-ethyl adjacent to an activating group) is 1. The lowest BCUT2D eigenvalue weighted by Gasteiger charge is -2.24. The minimum absolute atomic E-state index is 0.0195. The van der Waals surface area contributed by atoms with E-state index in [0.717, 1.165) is 44.9 Å². The van der Waals surface area contributed by atoms with Crippen LogP contribution in [-0.2, 0) is 32.7 Å². The smallest absolute Gasteiger partial charge is 0.462 e. The number of ether oxygens (including phenoxy) is 2. The number of quaternary nitrogens is 1. The minimum Gasteiger partial charge on any atom is -0.462 e. The van der Waals surface area contributed by atoms with Gasteiger partial charge in [-0.3, -0.25) is 18.6 Å². The summed E-state index contributed by atoms with van der Waals surface area (Å²) in [7, 11) is 1.43. The molecule has 0 rings (SSSR count). The first-order valence-corrected chi connectivity index (χ1v) is 23.0. The predicted octanol–water partition coefficient (Wildman–Crippen LogP) is 12.1. The Kier molecular flexibility index (Phi) is 35.7. The normalized spacial score (nSPS) is 14.2. The molecule has 1 N–H and O–H groups in total. The molecule has 1 unspecified atom stereocenters. The molecule has 9 nitrogen and oxygen atoms in total. The second-order valence-electron chi connectivity index (χ2n) is 15.4. The number of esters is 2. The molecule has 0 amide bonds. The van der Waals surface area contributed by atoms with Crippen LogP contribution in [0.4, 0.5) is 0 Å². The highest BCUT2D eigenvalue weighted by atomic mass is 31.2. The summed E-state index contributed by atoms with van der Waals surface area (Å²) in [5.41, 5.74) is 0. The van der Waals surface area contributed by atoms with E-state index in [0.29, 0.717) is 23.9 Å². The van der Waals surface area contributed by atoms with Gasteiger partial charge in [0, 0.05) is 12.8 Å². The van der Waals surface area contributed by atoms with Crippen LogP contribution < -0.4 is 0 Å². The Morgan fingerprint density at radius 1 is 0.564 bits per heavy atom. The Labute approximate surface area is 336 Å². The van der Waals surface area contributed by atoms with E-state index >= 15 is 0 Å². The summed E-state index contributed by atoms with van der Waals surface area (Å²) in [5, 5.41) is 0. The monoisotopic (exact) mass is 795 g/mol. The maximum atomic E-state index is 12.6. The molecule has 318 valence electrons. The summed E-state index contributed by atoms with van der Waals surface area (Å²) < 4.78 is 34.2. The van der Waals surface area contributed by atoms with Crippen LogP contribution in [0, 0.1) is 0 Å². The van der Waals surface area contributed by atoms with Crippen molar-refractivity contribution in [1.82, 2.24) is 0 Å². The molecule has 0 heterocycles. The van der Waals surface area contributed by atoms with E-state index in [9.17, 15) is 19.0 Å². The predicted molar refractivity (Wildman–Crippen MR) is 229 cm³/mol. The van der Waals surface area contributed by atoms with Gasteiger partial charge < -0.3 is 18.9 Å². The van der Waals surface area contributed by atoms with Gasteiger partial charge in [0.1, 0.15) is 19.8 Å². The van der Waals surface area contributed by atoms with Crippen LogP contribution in [0.5, 0.6) is 0 Å². The number of nitrogens with zero attached hydrogens (tertiary/aromatic N) is 1. The van der Waals surface area contributed by atoms with Gasteiger partial charge in [-0.25, -0.2) is 4.57 Å².